The normalized spacial score (nSPS) is 12.2. The van der Waals surface area contributed by atoms with Crippen LogP contribution in [0.5, 0.6) is 0 Å². The second-order valence-corrected chi connectivity index (χ2v) is 16.6. The Bertz CT molecular complexity index is 2570. The Labute approximate surface area is 391 Å². The van der Waals surface area contributed by atoms with Gasteiger partial charge in [0.15, 0.2) is 11.7 Å². The summed E-state index contributed by atoms with van der Waals surface area (Å²) < 4.78 is 6.01. The molecule has 4 aromatic heterocycles. The van der Waals surface area contributed by atoms with Gasteiger partial charge < -0.3 is 77.6 Å². The van der Waals surface area contributed by atoms with E-state index in [4.69, 9.17) is 39.0 Å². The van der Waals surface area contributed by atoms with Crippen LogP contribution in [0, 0.1) is 0 Å². The number of halogens is 1. The van der Waals surface area contributed by atoms with Gasteiger partial charge in [-0.05, 0) is 30.7 Å². The van der Waals surface area contributed by atoms with Crippen LogP contribution in [0.3, 0.4) is 0 Å². The number of carboxylic acid groups (broad SMARTS) is 2. The van der Waals surface area contributed by atoms with Crippen molar-refractivity contribution in [2.75, 3.05) is 45.9 Å². The van der Waals surface area contributed by atoms with E-state index in [0.717, 1.165) is 11.8 Å². The van der Waals surface area contributed by atoms with Crippen LogP contribution in [-0.4, -0.2) is 130 Å². The fraction of sp³-hybridized carbons (Fsp3) is 0.350. The molecule has 6 amide bonds. The largest absolute Gasteiger partial charge is 0.480 e. The Morgan fingerprint density at radius 1 is 0.672 bits per heavy atom. The van der Waals surface area contributed by atoms with E-state index in [2.05, 4.69) is 36.9 Å². The fourth-order valence-corrected chi connectivity index (χ4v) is 7.50. The molecule has 67 heavy (non-hydrogen) atoms. The molecule has 3 atom stereocenters. The summed E-state index contributed by atoms with van der Waals surface area (Å²) in [7, 11) is 6.43. The van der Waals surface area contributed by atoms with Crippen molar-refractivity contribution in [1.82, 2.24) is 28.9 Å². The number of anilines is 4. The number of carbonyl (C=O) groups is 9. The maximum absolute atomic E-state index is 13.4. The minimum atomic E-state index is -1.33. The number of carbonyl (C=O) groups excluding carboxylic acids is 7. The number of Topliss-reactive ketones (excluding diaryl/α,β-unsaturated/α-hetero) is 1. The van der Waals surface area contributed by atoms with Gasteiger partial charge in [-0.25, -0.2) is 0 Å². The Balaban J connectivity index is 1.30. The SMILES string of the molecule is Cn1cc(NC(=O)c2cc(NC(=O)c3cc(NC(=O)c4cc(NC(=O)C(Cl)CSCC(NC(=O)CCC(N)C(=O)O)C(=O)NCC(=O)O)cn4C)cn3C)cn2C)cc1C(=O)CCN=C(N)N. The number of rotatable bonds is 24. The average molecular weight is 971 g/mol. The summed E-state index contributed by atoms with van der Waals surface area (Å²) in [5, 5.41) is 32.1. The molecule has 0 spiro atoms. The van der Waals surface area contributed by atoms with Gasteiger partial charge in [-0.15, -0.1) is 11.6 Å². The molecule has 3 unspecified atom stereocenters. The molecule has 0 aliphatic carbocycles. The van der Waals surface area contributed by atoms with Gasteiger partial charge in [0.25, 0.3) is 17.7 Å². The number of carboxylic acids is 2. The Hall–Kier alpha value is -7.58. The van der Waals surface area contributed by atoms with Crippen LogP contribution in [0.2, 0.25) is 0 Å². The summed E-state index contributed by atoms with van der Waals surface area (Å²) in [5.74, 6) is -7.01. The number of aliphatic imine (C=N–C) groups is 1. The van der Waals surface area contributed by atoms with Gasteiger partial charge >= 0.3 is 11.9 Å². The third-order valence-electron chi connectivity index (χ3n) is 9.58. The van der Waals surface area contributed by atoms with Crippen molar-refractivity contribution in [1.29, 1.82) is 0 Å². The first-order chi connectivity index (χ1) is 31.5. The van der Waals surface area contributed by atoms with Crippen LogP contribution in [0.4, 0.5) is 22.7 Å². The highest BCUT2D eigenvalue weighted by molar-refractivity contribution is 7.99. The number of aliphatic carboxylic acids is 2. The lowest BCUT2D eigenvalue weighted by molar-refractivity contribution is -0.139. The summed E-state index contributed by atoms with van der Waals surface area (Å²) in [5.41, 5.74) is 18.0. The zero-order chi connectivity index (χ0) is 49.7. The second kappa shape index (κ2) is 23.6. The fourth-order valence-electron chi connectivity index (χ4n) is 6.22. The van der Waals surface area contributed by atoms with Gasteiger partial charge in [0.1, 0.15) is 41.1 Å². The molecule has 25 nitrogen and oxygen atoms in total. The Morgan fingerprint density at radius 2 is 1.12 bits per heavy atom. The van der Waals surface area contributed by atoms with Crippen molar-refractivity contribution >= 4 is 105 Å². The van der Waals surface area contributed by atoms with Gasteiger partial charge in [-0.3, -0.25) is 48.1 Å². The maximum atomic E-state index is 13.4. The van der Waals surface area contributed by atoms with E-state index < -0.39 is 71.4 Å². The monoisotopic (exact) mass is 970 g/mol. The van der Waals surface area contributed by atoms with Crippen molar-refractivity contribution in [2.45, 2.75) is 36.7 Å². The first-order valence-electron chi connectivity index (χ1n) is 20.0. The molecule has 360 valence electrons. The number of nitrogens with one attached hydrogen (secondary N) is 6. The van der Waals surface area contributed by atoms with E-state index in [1.165, 1.54) is 56.6 Å². The number of aromatic nitrogens is 4. The van der Waals surface area contributed by atoms with Crippen molar-refractivity contribution < 1.29 is 53.4 Å². The minimum Gasteiger partial charge on any atom is -0.480 e. The van der Waals surface area contributed by atoms with Crippen LogP contribution in [0.1, 0.15) is 61.2 Å². The van der Waals surface area contributed by atoms with E-state index >= 15 is 0 Å². The standard InChI is InChI=1S/C40H51ClN14O11S/c1-52-14-20(9-27(52)31(56)7-8-45-40(43)44)48-36(62)29-11-22(16-54(29)3)50-38(64)30-12-23(17-55(30)4)49-37(63)28-10-21(15-53(28)2)47-34(60)24(41)18-67-19-26(35(61)46-13-33(58)59)51-32(57)6-5-25(42)39(65)66/h9-12,14-17,24-26H,5-8,13,18-19,42H2,1-4H3,(H,46,61)(H,47,60)(H,48,62)(H,49,63)(H,50,64)(H,51,57)(H,58,59)(H,65,66)(H4,43,44,45). The number of alkyl halides is 1. The predicted molar refractivity (Wildman–Crippen MR) is 248 cm³/mol. The molecule has 27 heteroatoms. The van der Waals surface area contributed by atoms with Gasteiger partial charge in [0.2, 0.25) is 17.7 Å². The lowest BCUT2D eigenvalue weighted by Gasteiger charge is -2.19. The minimum absolute atomic E-state index is 0.0639. The summed E-state index contributed by atoms with van der Waals surface area (Å²) >= 11 is 7.34. The number of hydrogen-bond donors (Lipinski definition) is 11. The molecule has 0 saturated carbocycles. The van der Waals surface area contributed by atoms with E-state index in [0.29, 0.717) is 17.1 Å². The molecule has 0 bridgehead atoms. The van der Waals surface area contributed by atoms with E-state index in [1.54, 1.807) is 39.0 Å². The van der Waals surface area contributed by atoms with Gasteiger partial charge in [0, 0.05) is 77.3 Å². The second-order valence-electron chi connectivity index (χ2n) is 15.0. The lowest BCUT2D eigenvalue weighted by Crippen LogP contribution is -2.49. The number of nitrogens with zero attached hydrogens (tertiary/aromatic N) is 5. The van der Waals surface area contributed by atoms with E-state index in [-0.39, 0.29) is 77.5 Å². The highest BCUT2D eigenvalue weighted by atomic mass is 35.5. The number of ketones is 1. The van der Waals surface area contributed by atoms with Gasteiger partial charge in [0.05, 0.1) is 35.0 Å². The van der Waals surface area contributed by atoms with Crippen LogP contribution in [0.15, 0.2) is 54.0 Å². The van der Waals surface area contributed by atoms with Crippen LogP contribution in [-0.2, 0) is 52.2 Å². The van der Waals surface area contributed by atoms with Crippen LogP contribution in [0.25, 0.3) is 0 Å². The number of amides is 6. The third kappa shape index (κ3) is 15.3. The van der Waals surface area contributed by atoms with Crippen LogP contribution < -0.4 is 49.1 Å². The molecule has 4 heterocycles. The summed E-state index contributed by atoms with van der Waals surface area (Å²) in [6, 6.07) is 3.28. The molecular formula is C40H51ClN14O11S. The van der Waals surface area contributed by atoms with E-state index in [9.17, 15) is 43.2 Å². The lowest BCUT2D eigenvalue weighted by atomic mass is 10.1. The van der Waals surface area contributed by atoms with Crippen molar-refractivity contribution in [3.8, 4) is 0 Å². The highest BCUT2D eigenvalue weighted by Gasteiger charge is 2.25. The first kappa shape index (κ1) is 52.0. The smallest absolute Gasteiger partial charge is 0.322 e. The molecule has 4 aromatic rings. The van der Waals surface area contributed by atoms with Gasteiger partial charge in [-0.2, -0.15) is 11.8 Å². The molecular weight excluding hydrogens is 920 g/mol. The summed E-state index contributed by atoms with van der Waals surface area (Å²) in [6.07, 6.45) is 5.63. The summed E-state index contributed by atoms with van der Waals surface area (Å²) in [6.45, 7) is -0.609. The van der Waals surface area contributed by atoms with Gasteiger partial charge in [-0.1, -0.05) is 0 Å². The number of nitrogens with two attached hydrogens (primary N) is 3. The zero-order valence-electron chi connectivity index (χ0n) is 36.6. The number of guanidine groups is 1. The Kier molecular flexibility index (Phi) is 18.3. The molecule has 14 N–H and O–H groups in total. The number of thioether (sulfide) groups is 1. The topological polar surface area (TPSA) is 376 Å². The molecule has 0 aliphatic rings. The molecule has 0 saturated heterocycles. The highest BCUT2D eigenvalue weighted by Crippen LogP contribution is 2.22. The number of hydrogen-bond acceptors (Lipinski definition) is 12. The quantitative estimate of drug-likeness (QED) is 0.0188. The van der Waals surface area contributed by atoms with Crippen molar-refractivity contribution in [3.63, 3.8) is 0 Å². The molecule has 0 fully saturated rings. The molecule has 0 aliphatic heterocycles. The maximum Gasteiger partial charge on any atom is 0.322 e. The molecule has 4 rings (SSSR count). The van der Waals surface area contributed by atoms with Crippen molar-refractivity contribution in [3.05, 3.63) is 71.8 Å². The molecule has 0 radical (unpaired) electrons. The van der Waals surface area contributed by atoms with Crippen LogP contribution >= 0.6 is 23.4 Å². The predicted octanol–water partition coefficient (Wildman–Crippen LogP) is -0.199. The number of aryl methyl sites for hydroxylation is 4. The molecule has 0 aromatic carbocycles. The van der Waals surface area contributed by atoms with Crippen molar-refractivity contribution in [2.24, 2.45) is 50.4 Å². The van der Waals surface area contributed by atoms with E-state index in [1.807, 2.05) is 0 Å². The Morgan fingerprint density at radius 3 is 1.57 bits per heavy atom. The third-order valence-corrected chi connectivity index (χ3v) is 11.2. The summed E-state index contributed by atoms with van der Waals surface area (Å²) in [4.78, 5) is 116. The average Bonchev–Trinajstić information content (AvgIpc) is 4.02. The first-order valence-corrected chi connectivity index (χ1v) is 21.6. The zero-order valence-corrected chi connectivity index (χ0v) is 38.2.